The maximum absolute atomic E-state index is 13.8. The molecule has 0 unspecified atom stereocenters. The lowest BCUT2D eigenvalue weighted by Crippen LogP contribution is -2.51. The van der Waals surface area contributed by atoms with Crippen LogP contribution in [0.25, 0.3) is 0 Å². The Morgan fingerprint density at radius 1 is 1.03 bits per heavy atom. The highest BCUT2D eigenvalue weighted by atomic mass is 32.2. The zero-order valence-corrected chi connectivity index (χ0v) is 23.3. The molecule has 0 bridgehead atoms. The van der Waals surface area contributed by atoms with E-state index in [1.54, 1.807) is 68.8 Å². The lowest BCUT2D eigenvalue weighted by atomic mass is 9.86. The Labute approximate surface area is 224 Å². The molecular formula is C29H34N2O6S. The molecule has 1 N–H and O–H groups in total. The van der Waals surface area contributed by atoms with Crippen molar-refractivity contribution in [2.45, 2.75) is 50.2 Å². The fourth-order valence-corrected chi connectivity index (χ4v) is 5.85. The lowest BCUT2D eigenvalue weighted by molar-refractivity contribution is -0.128. The van der Waals surface area contributed by atoms with E-state index in [1.807, 2.05) is 19.1 Å². The third kappa shape index (κ3) is 5.43. The Morgan fingerprint density at radius 2 is 1.74 bits per heavy atom. The third-order valence-electron chi connectivity index (χ3n) is 6.58. The predicted molar refractivity (Wildman–Crippen MR) is 147 cm³/mol. The van der Waals surface area contributed by atoms with Crippen molar-refractivity contribution in [3.63, 3.8) is 0 Å². The van der Waals surface area contributed by atoms with Gasteiger partial charge in [-0.05, 0) is 60.4 Å². The highest BCUT2D eigenvalue weighted by Crippen LogP contribution is 2.40. The van der Waals surface area contributed by atoms with Crippen molar-refractivity contribution in [1.29, 1.82) is 0 Å². The number of anilines is 1. The van der Waals surface area contributed by atoms with Gasteiger partial charge >= 0.3 is 0 Å². The molecule has 1 aliphatic heterocycles. The molecule has 0 radical (unpaired) electrons. The largest absolute Gasteiger partial charge is 0.497 e. The number of methoxy groups -OCH3 is 2. The van der Waals surface area contributed by atoms with Crippen LogP contribution in [0.1, 0.15) is 44.9 Å². The van der Waals surface area contributed by atoms with Crippen LogP contribution in [0.3, 0.4) is 0 Å². The number of rotatable bonds is 7. The van der Waals surface area contributed by atoms with Crippen LogP contribution in [0.5, 0.6) is 17.2 Å². The zero-order valence-electron chi connectivity index (χ0n) is 22.5. The van der Waals surface area contributed by atoms with Crippen LogP contribution in [0.4, 0.5) is 5.69 Å². The van der Waals surface area contributed by atoms with Crippen LogP contribution < -0.4 is 23.8 Å². The summed E-state index contributed by atoms with van der Waals surface area (Å²) in [6.07, 6.45) is -1.07. The standard InChI is InChI=1S/C29H34N2O6S/c1-19(23-17-21(35-5)13-15-25(23)36-6)30-28(32)27-18-31(38(33,34)22-10-8-7-9-11-22)24-16-20(29(2,3)4)12-14-26(24)37-27/h7-17,19,27H,18H2,1-6H3,(H,30,32)/t19-,27-/m1/s1. The maximum Gasteiger partial charge on any atom is 0.264 e. The van der Waals surface area contributed by atoms with Gasteiger partial charge in [-0.3, -0.25) is 9.10 Å². The van der Waals surface area contributed by atoms with Crippen LogP contribution in [0.15, 0.2) is 71.6 Å². The molecule has 4 rings (SSSR count). The molecular weight excluding hydrogens is 504 g/mol. The molecule has 0 aliphatic carbocycles. The number of amides is 1. The molecule has 0 saturated carbocycles. The van der Waals surface area contributed by atoms with Gasteiger partial charge in [0.1, 0.15) is 17.2 Å². The molecule has 2 atom stereocenters. The van der Waals surface area contributed by atoms with Gasteiger partial charge < -0.3 is 19.5 Å². The number of carbonyl (C=O) groups excluding carboxylic acids is 1. The number of nitrogens with one attached hydrogen (secondary N) is 1. The average Bonchev–Trinajstić information content (AvgIpc) is 2.91. The van der Waals surface area contributed by atoms with E-state index in [9.17, 15) is 13.2 Å². The molecule has 1 amide bonds. The second kappa shape index (κ2) is 10.6. The summed E-state index contributed by atoms with van der Waals surface area (Å²) in [6, 6.07) is 18.5. The minimum absolute atomic E-state index is 0.141. The van der Waals surface area contributed by atoms with Gasteiger partial charge in [-0.1, -0.05) is 45.0 Å². The first-order valence-corrected chi connectivity index (χ1v) is 13.8. The molecule has 0 fully saturated rings. The van der Waals surface area contributed by atoms with Gasteiger partial charge in [-0.2, -0.15) is 0 Å². The number of sulfonamides is 1. The van der Waals surface area contributed by atoms with Crippen molar-refractivity contribution in [1.82, 2.24) is 5.32 Å². The molecule has 0 saturated heterocycles. The summed E-state index contributed by atoms with van der Waals surface area (Å²) in [5.41, 5.74) is 1.87. The van der Waals surface area contributed by atoms with Gasteiger partial charge in [0.15, 0.2) is 6.10 Å². The van der Waals surface area contributed by atoms with E-state index in [1.165, 1.54) is 4.31 Å². The van der Waals surface area contributed by atoms with E-state index in [4.69, 9.17) is 14.2 Å². The van der Waals surface area contributed by atoms with Gasteiger partial charge in [0.2, 0.25) is 0 Å². The van der Waals surface area contributed by atoms with Crippen LogP contribution in [0, 0.1) is 0 Å². The van der Waals surface area contributed by atoms with E-state index in [-0.39, 0.29) is 16.9 Å². The molecule has 1 heterocycles. The summed E-state index contributed by atoms with van der Waals surface area (Å²) in [5, 5.41) is 2.95. The Bertz CT molecular complexity index is 1420. The fraction of sp³-hybridized carbons (Fsp3) is 0.345. The summed E-state index contributed by atoms with van der Waals surface area (Å²) in [5.74, 6) is 1.10. The molecule has 1 aliphatic rings. The number of hydrogen-bond donors (Lipinski definition) is 1. The van der Waals surface area contributed by atoms with Gasteiger partial charge in [-0.15, -0.1) is 0 Å². The molecule has 202 valence electrons. The number of carbonyl (C=O) groups is 1. The highest BCUT2D eigenvalue weighted by Gasteiger charge is 2.38. The van der Waals surface area contributed by atoms with Crippen LogP contribution in [-0.2, 0) is 20.2 Å². The Morgan fingerprint density at radius 3 is 2.37 bits per heavy atom. The molecule has 0 spiro atoms. The first-order valence-electron chi connectivity index (χ1n) is 12.4. The summed E-state index contributed by atoms with van der Waals surface area (Å²) >= 11 is 0. The number of nitrogens with zero attached hydrogens (tertiary/aromatic N) is 1. The Hall–Kier alpha value is -3.72. The van der Waals surface area contributed by atoms with E-state index >= 15 is 0 Å². The van der Waals surface area contributed by atoms with Crippen molar-refractivity contribution < 1.29 is 27.4 Å². The number of hydrogen-bond acceptors (Lipinski definition) is 6. The van der Waals surface area contributed by atoms with Crippen LogP contribution in [0.2, 0.25) is 0 Å². The monoisotopic (exact) mass is 538 g/mol. The summed E-state index contributed by atoms with van der Waals surface area (Å²) < 4.78 is 45.7. The molecule has 3 aromatic rings. The van der Waals surface area contributed by atoms with Crippen LogP contribution >= 0.6 is 0 Å². The molecule has 3 aromatic carbocycles. The molecule has 0 aromatic heterocycles. The SMILES string of the molecule is COc1ccc(OC)c([C@@H](C)NC(=O)[C@H]2CN(S(=O)(=O)c3ccccc3)c3cc(C(C)(C)C)ccc3O2)c1. The van der Waals surface area contributed by atoms with Gasteiger partial charge in [0.25, 0.3) is 15.9 Å². The highest BCUT2D eigenvalue weighted by molar-refractivity contribution is 7.92. The van der Waals surface area contributed by atoms with E-state index in [0.717, 1.165) is 11.1 Å². The van der Waals surface area contributed by atoms with Gasteiger partial charge in [0, 0.05) is 5.56 Å². The quantitative estimate of drug-likeness (QED) is 0.463. The number of fused-ring (bicyclic) bond motifs is 1. The smallest absolute Gasteiger partial charge is 0.264 e. The topological polar surface area (TPSA) is 94.2 Å². The fourth-order valence-electron chi connectivity index (χ4n) is 4.36. The normalized spacial score (nSPS) is 16.2. The van der Waals surface area contributed by atoms with Crippen molar-refractivity contribution in [2.24, 2.45) is 0 Å². The van der Waals surface area contributed by atoms with Crippen molar-refractivity contribution in [3.8, 4) is 17.2 Å². The summed E-state index contributed by atoms with van der Waals surface area (Å²) in [7, 11) is -0.848. The first kappa shape index (κ1) is 27.3. The third-order valence-corrected chi connectivity index (χ3v) is 8.37. The van der Waals surface area contributed by atoms with E-state index in [2.05, 4.69) is 26.1 Å². The minimum Gasteiger partial charge on any atom is -0.497 e. The Kier molecular flexibility index (Phi) is 7.60. The molecule has 9 heteroatoms. The predicted octanol–water partition coefficient (Wildman–Crippen LogP) is 4.84. The lowest BCUT2D eigenvalue weighted by Gasteiger charge is -2.36. The second-order valence-electron chi connectivity index (χ2n) is 10.2. The van der Waals surface area contributed by atoms with Crippen molar-refractivity contribution in [2.75, 3.05) is 25.1 Å². The molecule has 8 nitrogen and oxygen atoms in total. The zero-order chi connectivity index (χ0) is 27.7. The minimum atomic E-state index is -3.97. The first-order chi connectivity index (χ1) is 18.0. The van der Waals surface area contributed by atoms with Crippen molar-refractivity contribution in [3.05, 3.63) is 77.9 Å². The van der Waals surface area contributed by atoms with Gasteiger partial charge in [0.05, 0.1) is 37.4 Å². The second-order valence-corrected chi connectivity index (χ2v) is 12.1. The maximum atomic E-state index is 13.8. The van der Waals surface area contributed by atoms with E-state index < -0.39 is 28.1 Å². The van der Waals surface area contributed by atoms with E-state index in [0.29, 0.717) is 22.9 Å². The number of benzene rings is 3. The van der Waals surface area contributed by atoms with Crippen LogP contribution in [-0.4, -0.2) is 41.2 Å². The average molecular weight is 539 g/mol. The Balaban J connectivity index is 1.69. The number of ether oxygens (including phenoxy) is 3. The summed E-state index contributed by atoms with van der Waals surface area (Å²) in [6.45, 7) is 7.81. The summed E-state index contributed by atoms with van der Waals surface area (Å²) in [4.78, 5) is 13.6. The molecule has 38 heavy (non-hydrogen) atoms. The van der Waals surface area contributed by atoms with Crippen molar-refractivity contribution >= 4 is 21.6 Å². The van der Waals surface area contributed by atoms with Gasteiger partial charge in [-0.25, -0.2) is 8.42 Å².